The normalized spacial score (nSPS) is 11.6. The Kier molecular flexibility index (Phi) is 79.0. The van der Waals surface area contributed by atoms with E-state index in [0.29, 0.717) is 69.4 Å². The van der Waals surface area contributed by atoms with Crippen LogP contribution in [-0.4, -0.2) is 69.4 Å². The van der Waals surface area contributed by atoms with Crippen molar-refractivity contribution in [3.63, 3.8) is 0 Å². The Labute approximate surface area is 674 Å². The van der Waals surface area contributed by atoms with E-state index in [1.54, 1.807) is 0 Å². The third-order valence-electron chi connectivity index (χ3n) is 15.8. The third kappa shape index (κ3) is 96.2. The van der Waals surface area contributed by atoms with E-state index in [-0.39, 0.29) is 65.0 Å². The standard InChI is InChI=1S/12C8H16O/c12*1-5-6-7(9)8(2,3)4/h12*5-6H2,1-4H3. The minimum atomic E-state index is -0.129. The van der Waals surface area contributed by atoms with E-state index in [2.05, 4.69) is 0 Å². The molecule has 0 unspecified atom stereocenters. The summed E-state index contributed by atoms with van der Waals surface area (Å²) >= 11 is 0. The zero-order valence-electron chi connectivity index (χ0n) is 81.9. The van der Waals surface area contributed by atoms with E-state index in [1.165, 1.54) is 0 Å². The van der Waals surface area contributed by atoms with Crippen molar-refractivity contribution in [1.29, 1.82) is 0 Å². The first-order valence-corrected chi connectivity index (χ1v) is 42.2. The Morgan fingerprint density at radius 1 is 0.111 bits per heavy atom. The summed E-state index contributed by atoms with van der Waals surface area (Å²) in [5.41, 5.74) is -1.55. The van der Waals surface area contributed by atoms with Crippen molar-refractivity contribution < 1.29 is 57.5 Å². The molecule has 0 fully saturated rings. The Bertz CT molecular complexity index is 1770. The van der Waals surface area contributed by atoms with Crippen LogP contribution < -0.4 is 0 Å². The molecule has 108 heavy (non-hydrogen) atoms. The molecule has 0 N–H and O–H groups in total. The van der Waals surface area contributed by atoms with Crippen molar-refractivity contribution in [3.05, 3.63) is 0 Å². The fourth-order valence-electron chi connectivity index (χ4n) is 7.22. The fraction of sp³-hybridized carbons (Fsp3) is 0.875. The quantitative estimate of drug-likeness (QED) is 0.0885. The second kappa shape index (κ2) is 65.4. The van der Waals surface area contributed by atoms with Gasteiger partial charge in [-0.3, -0.25) is 57.5 Å². The SMILES string of the molecule is CCCC(=O)C(C)(C)C.CCCC(=O)C(C)(C)C.CCCC(=O)C(C)(C)C.CCCC(=O)C(C)(C)C.CCCC(=O)C(C)(C)C.CCCC(=O)C(C)(C)C.CCCC(=O)C(C)(C)C.CCCC(=O)C(C)(C)C.CCCC(=O)C(C)(C)C.CCCC(=O)C(C)(C)C.CCCC(=O)C(C)(C)C.CCCC(=O)C(C)(C)C. The van der Waals surface area contributed by atoms with Crippen LogP contribution in [0.3, 0.4) is 0 Å². The van der Waals surface area contributed by atoms with Gasteiger partial charge in [-0.1, -0.05) is 332 Å². The van der Waals surface area contributed by atoms with Crippen LogP contribution in [0.2, 0.25) is 0 Å². The minimum Gasteiger partial charge on any atom is -0.299 e. The predicted molar refractivity (Wildman–Crippen MR) is 472 cm³/mol. The maximum atomic E-state index is 11.1. The largest absolute Gasteiger partial charge is 0.299 e. The summed E-state index contributed by atoms with van der Waals surface area (Å²) in [7, 11) is 0. The Balaban J connectivity index is -0.0000000931. The molecule has 0 bridgehead atoms. The molecule has 648 valence electrons. The van der Waals surface area contributed by atoms with Crippen LogP contribution >= 0.6 is 0 Å². The van der Waals surface area contributed by atoms with Gasteiger partial charge in [0.25, 0.3) is 0 Å². The van der Waals surface area contributed by atoms with Crippen LogP contribution in [0.1, 0.15) is 486 Å². The summed E-state index contributed by atoms with van der Waals surface area (Å²) in [6, 6.07) is 0. The molecule has 0 rings (SSSR count). The summed E-state index contributed by atoms with van der Waals surface area (Å²) < 4.78 is 0. The summed E-state index contributed by atoms with van der Waals surface area (Å²) in [4.78, 5) is 133. The van der Waals surface area contributed by atoms with Crippen LogP contribution in [0.4, 0.5) is 0 Å². The minimum absolute atomic E-state index is 0.129. The first-order chi connectivity index (χ1) is 47.8. The van der Waals surface area contributed by atoms with Crippen molar-refractivity contribution in [3.8, 4) is 0 Å². The molecule has 0 aliphatic rings. The molecule has 0 spiro atoms. The average molecular weight is 1540 g/mol. The first kappa shape index (κ1) is 130. The monoisotopic (exact) mass is 1540 g/mol. The maximum Gasteiger partial charge on any atom is 0.138 e. The topological polar surface area (TPSA) is 205 Å². The zero-order valence-corrected chi connectivity index (χ0v) is 81.9. The van der Waals surface area contributed by atoms with Crippen LogP contribution in [0.15, 0.2) is 0 Å². The highest BCUT2D eigenvalue weighted by Gasteiger charge is 2.26. The number of hydrogen-bond donors (Lipinski definition) is 0. The number of ketones is 12. The number of carbonyl (C=O) groups is 12. The predicted octanol–water partition coefficient (Wildman–Crippen LogP) is 28.8. The smallest absolute Gasteiger partial charge is 0.138 e. The Morgan fingerprint density at radius 3 is 0.157 bits per heavy atom. The third-order valence-corrected chi connectivity index (χ3v) is 15.8. The lowest BCUT2D eigenvalue weighted by atomic mass is 9.88. The second-order valence-electron chi connectivity index (χ2n) is 41.1. The van der Waals surface area contributed by atoms with Gasteiger partial charge in [0.15, 0.2) is 0 Å². The van der Waals surface area contributed by atoms with Gasteiger partial charge in [-0.15, -0.1) is 0 Å². The molecule has 12 nitrogen and oxygen atoms in total. The van der Waals surface area contributed by atoms with Gasteiger partial charge < -0.3 is 0 Å². The van der Waals surface area contributed by atoms with Crippen molar-refractivity contribution >= 4 is 69.4 Å². The molecule has 0 aliphatic heterocycles. The van der Waals surface area contributed by atoms with Crippen LogP contribution in [0, 0.1) is 65.0 Å². The molecular weight excluding hydrogens is 1350 g/mol. The summed E-state index contributed by atoms with van der Waals surface area (Å²) in [5.74, 6) is 4.39. The maximum absolute atomic E-state index is 11.1. The van der Waals surface area contributed by atoms with Crippen molar-refractivity contribution in [2.24, 2.45) is 65.0 Å². The first-order valence-electron chi connectivity index (χ1n) is 42.2. The van der Waals surface area contributed by atoms with Crippen molar-refractivity contribution in [1.82, 2.24) is 0 Å². The summed E-state index contributed by atoms with van der Waals surface area (Å²) in [6.45, 7) is 95.1. The average Bonchev–Trinajstić information content (AvgIpc) is 1.08. The molecule has 0 aromatic rings. The lowest BCUT2D eigenvalue weighted by molar-refractivity contribution is -0.127. The van der Waals surface area contributed by atoms with Crippen LogP contribution in [0.5, 0.6) is 0 Å². The molecule has 0 aromatic carbocycles. The van der Waals surface area contributed by atoms with E-state index < -0.39 is 0 Å². The molecule has 0 heterocycles. The Morgan fingerprint density at radius 2 is 0.148 bits per heavy atom. The van der Waals surface area contributed by atoms with Gasteiger partial charge in [0.1, 0.15) is 69.4 Å². The summed E-state index contributed by atoms with van der Waals surface area (Å²) in [5, 5.41) is 0. The molecule has 0 atom stereocenters. The van der Waals surface area contributed by atoms with Crippen LogP contribution in [-0.2, 0) is 57.5 Å². The zero-order chi connectivity index (χ0) is 89.9. The highest BCUT2D eigenvalue weighted by Crippen LogP contribution is 2.25. The molecule has 0 aromatic heterocycles. The lowest BCUT2D eigenvalue weighted by Gasteiger charge is -2.15. The number of carbonyl (C=O) groups excluding carboxylic acids is 12. The van der Waals surface area contributed by atoms with E-state index in [0.717, 1.165) is 154 Å². The van der Waals surface area contributed by atoms with E-state index in [1.807, 2.05) is 332 Å². The number of Topliss-reactive ketones (excluding diaryl/α,β-unsaturated/α-hetero) is 12. The van der Waals surface area contributed by atoms with Crippen molar-refractivity contribution in [2.75, 3.05) is 0 Å². The summed E-state index contributed by atoms with van der Waals surface area (Å²) in [6.07, 6.45) is 20.3. The lowest BCUT2D eigenvalue weighted by Crippen LogP contribution is -2.19. The van der Waals surface area contributed by atoms with Gasteiger partial charge in [-0.2, -0.15) is 0 Å². The molecule has 0 saturated carbocycles. The van der Waals surface area contributed by atoms with Gasteiger partial charge in [0.2, 0.25) is 0 Å². The van der Waals surface area contributed by atoms with Gasteiger partial charge in [-0.05, 0) is 77.0 Å². The van der Waals surface area contributed by atoms with E-state index >= 15 is 0 Å². The second-order valence-corrected chi connectivity index (χ2v) is 41.1. The van der Waals surface area contributed by atoms with Crippen molar-refractivity contribution in [2.45, 2.75) is 486 Å². The van der Waals surface area contributed by atoms with E-state index in [4.69, 9.17) is 0 Å². The molecule has 0 aliphatic carbocycles. The molecular formula is C96H192O12. The molecule has 0 amide bonds. The molecule has 12 heteroatoms. The van der Waals surface area contributed by atoms with Gasteiger partial charge in [0, 0.05) is 142 Å². The number of hydrogen-bond acceptors (Lipinski definition) is 12. The number of rotatable bonds is 24. The molecule has 0 radical (unpaired) electrons. The molecule has 0 saturated heterocycles. The highest BCUT2D eigenvalue weighted by molar-refractivity contribution is 5.88. The Hall–Kier alpha value is -3.96. The van der Waals surface area contributed by atoms with Gasteiger partial charge >= 0.3 is 0 Å². The highest BCUT2D eigenvalue weighted by atomic mass is 16.2. The fourth-order valence-corrected chi connectivity index (χ4v) is 7.22. The van der Waals surface area contributed by atoms with E-state index in [9.17, 15) is 57.5 Å². The van der Waals surface area contributed by atoms with Crippen LogP contribution in [0.25, 0.3) is 0 Å². The van der Waals surface area contributed by atoms with Gasteiger partial charge in [0.05, 0.1) is 0 Å². The van der Waals surface area contributed by atoms with Gasteiger partial charge in [-0.25, -0.2) is 0 Å².